The van der Waals surface area contributed by atoms with Gasteiger partial charge in [0.2, 0.25) is 0 Å². The van der Waals surface area contributed by atoms with Crippen LogP contribution >= 0.6 is 0 Å². The van der Waals surface area contributed by atoms with E-state index in [9.17, 15) is 0 Å². The molecule has 0 aromatic rings. The molecule has 0 unspecified atom stereocenters. The van der Waals surface area contributed by atoms with E-state index < -0.39 is 0 Å². The fourth-order valence-electron chi connectivity index (χ4n) is 0.660. The number of allylic oxidation sites excluding steroid dienone is 1. The number of hydrogen-bond acceptors (Lipinski definition) is 3. The third-order valence-corrected chi connectivity index (χ3v) is 1.14. The van der Waals surface area contributed by atoms with Crippen LogP contribution in [0.5, 0.6) is 0 Å². The van der Waals surface area contributed by atoms with Gasteiger partial charge in [0.1, 0.15) is 6.67 Å². The number of aliphatic imine (C=N–C) groups is 1. The Balaban J connectivity index is 2.63. The first-order valence-corrected chi connectivity index (χ1v) is 2.83. The van der Waals surface area contributed by atoms with Gasteiger partial charge in [0.25, 0.3) is 0 Å². The Labute approximate surface area is 54.4 Å². The summed E-state index contributed by atoms with van der Waals surface area (Å²) in [5, 5.41) is 2.95. The highest BCUT2D eigenvalue weighted by Crippen LogP contribution is 1.96. The molecule has 9 heavy (non-hydrogen) atoms. The molecule has 0 saturated heterocycles. The average molecular weight is 126 g/mol. The van der Waals surface area contributed by atoms with Crippen molar-refractivity contribution in [2.45, 2.75) is 6.92 Å². The lowest BCUT2D eigenvalue weighted by Gasteiger charge is -2.11. The fourth-order valence-corrected chi connectivity index (χ4v) is 0.660. The first kappa shape index (κ1) is 6.13. The second-order valence-corrected chi connectivity index (χ2v) is 1.85. The summed E-state index contributed by atoms with van der Waals surface area (Å²) in [6, 6.07) is 0. The summed E-state index contributed by atoms with van der Waals surface area (Å²) < 4.78 is 4.93. The summed E-state index contributed by atoms with van der Waals surface area (Å²) >= 11 is 0. The van der Waals surface area contributed by atoms with Crippen LogP contribution in [0.15, 0.2) is 17.0 Å². The van der Waals surface area contributed by atoms with E-state index >= 15 is 0 Å². The number of nitrogens with one attached hydrogen (secondary N) is 1. The average Bonchev–Trinajstić information content (AvgIpc) is 1.88. The molecule has 1 aliphatic heterocycles. The van der Waals surface area contributed by atoms with Gasteiger partial charge in [-0.2, -0.15) is 0 Å². The van der Waals surface area contributed by atoms with Gasteiger partial charge in [-0.15, -0.1) is 0 Å². The van der Waals surface area contributed by atoms with Crippen LogP contribution in [0.1, 0.15) is 6.92 Å². The summed E-state index contributed by atoms with van der Waals surface area (Å²) in [5.74, 6) is 0.794. The molecule has 0 atom stereocenters. The minimum absolute atomic E-state index is 0.630. The van der Waals surface area contributed by atoms with Crippen LogP contribution in [0.2, 0.25) is 0 Å². The van der Waals surface area contributed by atoms with Crippen LogP contribution in [0, 0.1) is 0 Å². The molecule has 1 N–H and O–H groups in total. The van der Waals surface area contributed by atoms with E-state index in [0.717, 1.165) is 11.6 Å². The van der Waals surface area contributed by atoms with E-state index in [1.807, 2.05) is 13.0 Å². The zero-order valence-electron chi connectivity index (χ0n) is 5.64. The van der Waals surface area contributed by atoms with Gasteiger partial charge in [-0.3, -0.25) is 4.99 Å². The highest BCUT2D eigenvalue weighted by Gasteiger charge is 1.99. The Morgan fingerprint density at radius 1 is 1.78 bits per heavy atom. The third-order valence-electron chi connectivity index (χ3n) is 1.14. The van der Waals surface area contributed by atoms with E-state index in [1.54, 1.807) is 7.11 Å². The Kier molecular flexibility index (Phi) is 1.72. The molecule has 0 amide bonds. The van der Waals surface area contributed by atoms with E-state index in [0.29, 0.717) is 6.67 Å². The number of rotatable bonds is 1. The number of methoxy groups -OCH3 is 1. The van der Waals surface area contributed by atoms with E-state index in [2.05, 4.69) is 10.3 Å². The molecule has 0 aromatic heterocycles. The summed E-state index contributed by atoms with van der Waals surface area (Å²) in [6.07, 6.45) is 1.86. The molecule has 1 rings (SSSR count). The predicted molar refractivity (Wildman–Crippen MR) is 36.2 cm³/mol. The molecule has 0 fully saturated rings. The van der Waals surface area contributed by atoms with Crippen LogP contribution in [-0.4, -0.2) is 19.5 Å². The Morgan fingerprint density at radius 2 is 2.56 bits per heavy atom. The fraction of sp³-hybridized carbons (Fsp3) is 0.500. The van der Waals surface area contributed by atoms with Crippen molar-refractivity contribution in [3.8, 4) is 0 Å². The first-order valence-electron chi connectivity index (χ1n) is 2.83. The van der Waals surface area contributed by atoms with Gasteiger partial charge in [0.15, 0.2) is 5.88 Å². The standard InChI is InChI=1S/C6H10N2O/c1-5-3-6(9-2)8-4-7-5/h3,8H,4H2,1-2H3. The Hall–Kier alpha value is -0.990. The van der Waals surface area contributed by atoms with Crippen LogP contribution in [0.4, 0.5) is 0 Å². The molecule has 0 saturated carbocycles. The van der Waals surface area contributed by atoms with Crippen molar-refractivity contribution in [3.05, 3.63) is 12.0 Å². The second kappa shape index (κ2) is 2.53. The highest BCUT2D eigenvalue weighted by molar-refractivity contribution is 5.93. The maximum Gasteiger partial charge on any atom is 0.189 e. The summed E-state index contributed by atoms with van der Waals surface area (Å²) in [7, 11) is 1.64. The quantitative estimate of drug-likeness (QED) is 0.555. The maximum absolute atomic E-state index is 4.93. The minimum Gasteiger partial charge on any atom is -0.482 e. The molecule has 1 heterocycles. The van der Waals surface area contributed by atoms with Crippen LogP contribution in [0.25, 0.3) is 0 Å². The van der Waals surface area contributed by atoms with Gasteiger partial charge in [0, 0.05) is 11.8 Å². The number of ether oxygens (including phenoxy) is 1. The molecule has 0 radical (unpaired) electrons. The lowest BCUT2D eigenvalue weighted by atomic mass is 10.4. The molecule has 0 aliphatic carbocycles. The molecular formula is C6H10N2O. The summed E-state index contributed by atoms with van der Waals surface area (Å²) in [5.41, 5.74) is 1.01. The van der Waals surface area contributed by atoms with Crippen molar-refractivity contribution < 1.29 is 4.74 Å². The first-order chi connectivity index (χ1) is 4.33. The van der Waals surface area contributed by atoms with Gasteiger partial charge in [-0.1, -0.05) is 0 Å². The van der Waals surface area contributed by atoms with Crippen molar-refractivity contribution in [2.75, 3.05) is 13.8 Å². The second-order valence-electron chi connectivity index (χ2n) is 1.85. The summed E-state index contributed by atoms with van der Waals surface area (Å²) in [6.45, 7) is 2.57. The van der Waals surface area contributed by atoms with Crippen molar-refractivity contribution in [3.63, 3.8) is 0 Å². The number of nitrogens with zero attached hydrogens (tertiary/aromatic N) is 1. The topological polar surface area (TPSA) is 33.6 Å². The molecule has 1 aliphatic rings. The Morgan fingerprint density at radius 3 is 3.00 bits per heavy atom. The van der Waals surface area contributed by atoms with Gasteiger partial charge < -0.3 is 10.1 Å². The van der Waals surface area contributed by atoms with Gasteiger partial charge in [0.05, 0.1) is 7.11 Å². The van der Waals surface area contributed by atoms with E-state index in [4.69, 9.17) is 4.74 Å². The molecule has 0 spiro atoms. The third kappa shape index (κ3) is 1.45. The van der Waals surface area contributed by atoms with E-state index in [1.165, 1.54) is 0 Å². The van der Waals surface area contributed by atoms with Gasteiger partial charge in [-0.05, 0) is 6.92 Å². The zero-order chi connectivity index (χ0) is 6.69. The van der Waals surface area contributed by atoms with Crippen LogP contribution in [0.3, 0.4) is 0 Å². The zero-order valence-corrected chi connectivity index (χ0v) is 5.64. The molecule has 50 valence electrons. The molecule has 3 heteroatoms. The normalized spacial score (nSPS) is 17.6. The van der Waals surface area contributed by atoms with Crippen molar-refractivity contribution in [1.82, 2.24) is 5.32 Å². The lowest BCUT2D eigenvalue weighted by molar-refractivity contribution is 0.261. The largest absolute Gasteiger partial charge is 0.482 e. The Bertz CT molecular complexity index is 160. The summed E-state index contributed by atoms with van der Waals surface area (Å²) in [4.78, 5) is 4.08. The maximum atomic E-state index is 4.93. The van der Waals surface area contributed by atoms with Crippen molar-refractivity contribution in [2.24, 2.45) is 4.99 Å². The molecule has 0 aromatic carbocycles. The van der Waals surface area contributed by atoms with Crippen LogP contribution in [-0.2, 0) is 4.74 Å². The van der Waals surface area contributed by atoms with Crippen molar-refractivity contribution in [1.29, 1.82) is 0 Å². The van der Waals surface area contributed by atoms with Crippen LogP contribution < -0.4 is 5.32 Å². The lowest BCUT2D eigenvalue weighted by Crippen LogP contribution is -2.20. The molecular weight excluding hydrogens is 116 g/mol. The molecule has 0 bridgehead atoms. The van der Waals surface area contributed by atoms with Gasteiger partial charge >= 0.3 is 0 Å². The predicted octanol–water partition coefficient (Wildman–Crippen LogP) is 0.496. The number of hydrogen-bond donors (Lipinski definition) is 1. The minimum atomic E-state index is 0.630. The van der Waals surface area contributed by atoms with Crippen molar-refractivity contribution >= 4 is 5.71 Å². The molecule has 3 nitrogen and oxygen atoms in total. The monoisotopic (exact) mass is 126 g/mol. The van der Waals surface area contributed by atoms with E-state index in [-0.39, 0.29) is 0 Å². The van der Waals surface area contributed by atoms with Gasteiger partial charge in [-0.25, -0.2) is 0 Å². The smallest absolute Gasteiger partial charge is 0.189 e. The SMILES string of the molecule is COC1=CC(C)=NCN1. The highest BCUT2D eigenvalue weighted by atomic mass is 16.5.